The third-order valence-electron chi connectivity index (χ3n) is 4.40. The van der Waals surface area contributed by atoms with Crippen LogP contribution in [0.25, 0.3) is 0 Å². The van der Waals surface area contributed by atoms with E-state index in [1.165, 1.54) is 12.1 Å². The zero-order chi connectivity index (χ0) is 14.7. The minimum absolute atomic E-state index is 0.0742. The van der Waals surface area contributed by atoms with Gasteiger partial charge in [-0.1, -0.05) is 6.07 Å². The van der Waals surface area contributed by atoms with E-state index < -0.39 is 0 Å². The van der Waals surface area contributed by atoms with Gasteiger partial charge in [0.05, 0.1) is 0 Å². The van der Waals surface area contributed by atoms with Crippen molar-refractivity contribution in [3.63, 3.8) is 0 Å². The standard InChI is InChI=1S/C16H23FN2O/c1-11-4-5-12(17)10-15(11)16(20)19(3)14-8-6-13(18-2)7-9-14/h4-5,10,13-14,18H,6-9H2,1-3H3. The maximum atomic E-state index is 13.3. The van der Waals surface area contributed by atoms with Crippen LogP contribution in [0.2, 0.25) is 0 Å². The molecule has 2 rings (SSSR count). The summed E-state index contributed by atoms with van der Waals surface area (Å²) in [5.41, 5.74) is 1.30. The highest BCUT2D eigenvalue weighted by molar-refractivity contribution is 5.95. The van der Waals surface area contributed by atoms with Gasteiger partial charge in [0, 0.05) is 24.7 Å². The molecule has 0 atom stereocenters. The van der Waals surface area contributed by atoms with Crippen LogP contribution in [0.1, 0.15) is 41.6 Å². The van der Waals surface area contributed by atoms with Crippen molar-refractivity contribution in [2.45, 2.75) is 44.7 Å². The van der Waals surface area contributed by atoms with Crippen LogP contribution < -0.4 is 5.32 Å². The highest BCUT2D eigenvalue weighted by Gasteiger charge is 2.27. The van der Waals surface area contributed by atoms with Gasteiger partial charge in [0.2, 0.25) is 0 Å². The lowest BCUT2D eigenvalue weighted by molar-refractivity contribution is 0.0684. The van der Waals surface area contributed by atoms with Gasteiger partial charge in [-0.2, -0.15) is 0 Å². The Balaban J connectivity index is 2.07. The number of aryl methyl sites for hydroxylation is 1. The number of rotatable bonds is 3. The highest BCUT2D eigenvalue weighted by Crippen LogP contribution is 2.24. The smallest absolute Gasteiger partial charge is 0.254 e. The monoisotopic (exact) mass is 278 g/mol. The maximum absolute atomic E-state index is 13.3. The van der Waals surface area contributed by atoms with Crippen LogP contribution in [0, 0.1) is 12.7 Å². The van der Waals surface area contributed by atoms with Crippen molar-refractivity contribution >= 4 is 5.91 Å². The molecule has 0 saturated heterocycles. The van der Waals surface area contributed by atoms with Crippen molar-refractivity contribution in [1.82, 2.24) is 10.2 Å². The first-order valence-electron chi connectivity index (χ1n) is 7.23. The Kier molecular flexibility index (Phi) is 4.76. The Morgan fingerprint density at radius 3 is 2.55 bits per heavy atom. The Morgan fingerprint density at radius 2 is 1.95 bits per heavy atom. The Morgan fingerprint density at radius 1 is 1.30 bits per heavy atom. The van der Waals surface area contributed by atoms with Crippen LogP contribution in [0.15, 0.2) is 18.2 Å². The minimum Gasteiger partial charge on any atom is -0.339 e. The number of hydrogen-bond acceptors (Lipinski definition) is 2. The van der Waals surface area contributed by atoms with E-state index in [0.717, 1.165) is 31.2 Å². The van der Waals surface area contributed by atoms with E-state index in [2.05, 4.69) is 5.32 Å². The molecule has 4 heteroatoms. The maximum Gasteiger partial charge on any atom is 0.254 e. The number of benzene rings is 1. The van der Waals surface area contributed by atoms with Gasteiger partial charge in [-0.15, -0.1) is 0 Å². The molecule has 1 N–H and O–H groups in total. The summed E-state index contributed by atoms with van der Waals surface area (Å²) in [6, 6.07) is 5.21. The van der Waals surface area contributed by atoms with Crippen molar-refractivity contribution in [3.8, 4) is 0 Å². The molecule has 0 aromatic heterocycles. The zero-order valence-electron chi connectivity index (χ0n) is 12.4. The molecular formula is C16H23FN2O. The number of amides is 1. The predicted molar refractivity (Wildman–Crippen MR) is 78.3 cm³/mol. The number of nitrogens with zero attached hydrogens (tertiary/aromatic N) is 1. The molecule has 1 fully saturated rings. The van der Waals surface area contributed by atoms with Crippen molar-refractivity contribution in [3.05, 3.63) is 35.1 Å². The molecule has 0 spiro atoms. The molecule has 1 amide bonds. The van der Waals surface area contributed by atoms with Gasteiger partial charge in [-0.25, -0.2) is 4.39 Å². The lowest BCUT2D eigenvalue weighted by atomic mass is 9.90. The second-order valence-corrected chi connectivity index (χ2v) is 5.67. The van der Waals surface area contributed by atoms with E-state index in [-0.39, 0.29) is 17.8 Å². The van der Waals surface area contributed by atoms with Gasteiger partial charge >= 0.3 is 0 Å². The van der Waals surface area contributed by atoms with Crippen molar-refractivity contribution in [2.24, 2.45) is 0 Å². The first kappa shape index (κ1) is 15.0. The van der Waals surface area contributed by atoms with E-state index >= 15 is 0 Å². The van der Waals surface area contributed by atoms with Crippen LogP contribution in [-0.4, -0.2) is 37.0 Å². The molecule has 1 aliphatic carbocycles. The van der Waals surface area contributed by atoms with Gasteiger partial charge in [-0.05, 0) is 57.4 Å². The van der Waals surface area contributed by atoms with E-state index in [1.54, 1.807) is 11.0 Å². The molecule has 0 unspecified atom stereocenters. The zero-order valence-corrected chi connectivity index (χ0v) is 12.4. The molecule has 110 valence electrons. The van der Waals surface area contributed by atoms with Crippen LogP contribution in [-0.2, 0) is 0 Å². The second kappa shape index (κ2) is 6.35. The summed E-state index contributed by atoms with van der Waals surface area (Å²) >= 11 is 0. The average molecular weight is 278 g/mol. The van der Waals surface area contributed by atoms with Gasteiger partial charge in [0.15, 0.2) is 0 Å². The molecular weight excluding hydrogens is 255 g/mol. The summed E-state index contributed by atoms with van der Waals surface area (Å²) in [6.07, 6.45) is 4.17. The van der Waals surface area contributed by atoms with Gasteiger partial charge < -0.3 is 10.2 Å². The van der Waals surface area contributed by atoms with Crippen molar-refractivity contribution in [2.75, 3.05) is 14.1 Å². The molecule has 1 aromatic carbocycles. The third-order valence-corrected chi connectivity index (χ3v) is 4.40. The molecule has 20 heavy (non-hydrogen) atoms. The summed E-state index contributed by atoms with van der Waals surface area (Å²) in [5, 5.41) is 3.29. The van der Waals surface area contributed by atoms with Gasteiger partial charge in [-0.3, -0.25) is 4.79 Å². The number of carbonyl (C=O) groups excluding carboxylic acids is 1. The summed E-state index contributed by atoms with van der Waals surface area (Å²) in [4.78, 5) is 14.3. The lowest BCUT2D eigenvalue weighted by Gasteiger charge is -2.34. The van der Waals surface area contributed by atoms with Crippen LogP contribution in [0.5, 0.6) is 0 Å². The van der Waals surface area contributed by atoms with Crippen molar-refractivity contribution in [1.29, 1.82) is 0 Å². The Bertz CT molecular complexity index is 481. The first-order valence-corrected chi connectivity index (χ1v) is 7.23. The fraction of sp³-hybridized carbons (Fsp3) is 0.562. The number of halogens is 1. The molecule has 0 radical (unpaired) electrons. The van der Waals surface area contributed by atoms with E-state index in [4.69, 9.17) is 0 Å². The topological polar surface area (TPSA) is 32.3 Å². The highest BCUT2D eigenvalue weighted by atomic mass is 19.1. The summed E-state index contributed by atoms with van der Waals surface area (Å²) in [7, 11) is 3.81. The molecule has 0 heterocycles. The quantitative estimate of drug-likeness (QED) is 0.922. The molecule has 1 saturated carbocycles. The summed E-state index contributed by atoms with van der Waals surface area (Å²) in [6.45, 7) is 1.85. The third kappa shape index (κ3) is 3.18. The largest absolute Gasteiger partial charge is 0.339 e. The van der Waals surface area contributed by atoms with Gasteiger partial charge in [0.1, 0.15) is 5.82 Å². The molecule has 1 aliphatic rings. The lowest BCUT2D eigenvalue weighted by Crippen LogP contribution is -2.42. The first-order chi connectivity index (χ1) is 9.52. The summed E-state index contributed by atoms with van der Waals surface area (Å²) < 4.78 is 13.3. The Hall–Kier alpha value is -1.42. The normalized spacial score (nSPS) is 22.6. The summed E-state index contributed by atoms with van der Waals surface area (Å²) in [5.74, 6) is -0.429. The fourth-order valence-electron chi connectivity index (χ4n) is 2.93. The van der Waals surface area contributed by atoms with E-state index in [0.29, 0.717) is 11.6 Å². The molecule has 3 nitrogen and oxygen atoms in total. The van der Waals surface area contributed by atoms with Crippen LogP contribution in [0.4, 0.5) is 4.39 Å². The number of carbonyl (C=O) groups is 1. The Labute approximate surface area is 120 Å². The van der Waals surface area contributed by atoms with Crippen LogP contribution in [0.3, 0.4) is 0 Å². The van der Waals surface area contributed by atoms with E-state index in [1.807, 2.05) is 21.0 Å². The second-order valence-electron chi connectivity index (χ2n) is 5.67. The molecule has 0 aliphatic heterocycles. The number of nitrogens with one attached hydrogen (secondary N) is 1. The molecule has 1 aromatic rings. The van der Waals surface area contributed by atoms with Crippen LogP contribution >= 0.6 is 0 Å². The van der Waals surface area contributed by atoms with Gasteiger partial charge in [0.25, 0.3) is 5.91 Å². The fourth-order valence-corrected chi connectivity index (χ4v) is 2.93. The predicted octanol–water partition coefficient (Wildman–Crippen LogP) is 2.74. The average Bonchev–Trinajstić information content (AvgIpc) is 2.48. The van der Waals surface area contributed by atoms with Crippen molar-refractivity contribution < 1.29 is 9.18 Å². The number of hydrogen-bond donors (Lipinski definition) is 1. The minimum atomic E-state index is -0.355. The molecule has 0 bridgehead atoms. The SMILES string of the molecule is CNC1CCC(N(C)C(=O)c2cc(F)ccc2C)CC1. The van der Waals surface area contributed by atoms with E-state index in [9.17, 15) is 9.18 Å².